The van der Waals surface area contributed by atoms with Crippen LogP contribution in [0.1, 0.15) is 21.9 Å². The van der Waals surface area contributed by atoms with Crippen molar-refractivity contribution in [2.45, 2.75) is 13.5 Å². The van der Waals surface area contributed by atoms with E-state index in [4.69, 9.17) is 33.7 Å². The summed E-state index contributed by atoms with van der Waals surface area (Å²) in [7, 11) is 0. The van der Waals surface area contributed by atoms with Gasteiger partial charge in [0.2, 0.25) is 0 Å². The third-order valence-electron chi connectivity index (χ3n) is 3.65. The van der Waals surface area contributed by atoms with Gasteiger partial charge in [-0.25, -0.2) is 9.37 Å². The number of halogens is 3. The summed E-state index contributed by atoms with van der Waals surface area (Å²) in [5.74, 6) is -0.493. The highest BCUT2D eigenvalue weighted by molar-refractivity contribution is 6.32. The molecule has 1 aromatic heterocycles. The molecule has 3 aromatic rings. The van der Waals surface area contributed by atoms with E-state index in [0.717, 1.165) is 0 Å². The number of nitrogen functional groups attached to an aromatic ring is 1. The van der Waals surface area contributed by atoms with Crippen molar-refractivity contribution >= 4 is 34.8 Å². The molecule has 0 unspecified atom stereocenters. The summed E-state index contributed by atoms with van der Waals surface area (Å²) in [6, 6.07) is 9.48. The maximum absolute atomic E-state index is 14.8. The van der Waals surface area contributed by atoms with Crippen LogP contribution in [0.4, 0.5) is 10.1 Å². The molecule has 0 atom stereocenters. The van der Waals surface area contributed by atoms with Crippen LogP contribution in [-0.4, -0.2) is 15.9 Å². The van der Waals surface area contributed by atoms with Gasteiger partial charge in [-0.05, 0) is 25.1 Å². The maximum atomic E-state index is 14.8. The zero-order valence-electron chi connectivity index (χ0n) is 14.1. The summed E-state index contributed by atoms with van der Waals surface area (Å²) >= 11 is 11.9. The van der Waals surface area contributed by atoms with Gasteiger partial charge in [-0.2, -0.15) is 0 Å². The van der Waals surface area contributed by atoms with Crippen LogP contribution in [0.3, 0.4) is 0 Å². The monoisotopic (exact) mass is 408 g/mol. The SMILES string of the molecule is Cc1nc(Cl)c(C(=O)NCc2ccc(Cl)c(Oc3cccc(N)c3)c2F)[nH]1. The summed E-state index contributed by atoms with van der Waals surface area (Å²) in [5, 5.41) is 2.72. The number of hydrogen-bond acceptors (Lipinski definition) is 4. The molecule has 1 amide bonds. The summed E-state index contributed by atoms with van der Waals surface area (Å²) in [4.78, 5) is 18.8. The third-order valence-corrected chi connectivity index (χ3v) is 4.22. The minimum atomic E-state index is -0.683. The highest BCUT2D eigenvalue weighted by Gasteiger charge is 2.18. The predicted molar refractivity (Wildman–Crippen MR) is 102 cm³/mol. The minimum Gasteiger partial charge on any atom is -0.453 e. The summed E-state index contributed by atoms with van der Waals surface area (Å²) < 4.78 is 20.4. The van der Waals surface area contributed by atoms with Gasteiger partial charge in [0.15, 0.2) is 16.7 Å². The van der Waals surface area contributed by atoms with Crippen LogP contribution in [0, 0.1) is 12.7 Å². The molecule has 0 bridgehead atoms. The van der Waals surface area contributed by atoms with Gasteiger partial charge in [0, 0.05) is 23.9 Å². The zero-order valence-corrected chi connectivity index (χ0v) is 15.7. The average Bonchev–Trinajstić information content (AvgIpc) is 2.96. The van der Waals surface area contributed by atoms with Crippen molar-refractivity contribution in [2.24, 2.45) is 0 Å². The Morgan fingerprint density at radius 1 is 1.33 bits per heavy atom. The Morgan fingerprint density at radius 3 is 2.78 bits per heavy atom. The fourth-order valence-corrected chi connectivity index (χ4v) is 2.82. The minimum absolute atomic E-state index is 0.0484. The van der Waals surface area contributed by atoms with E-state index in [9.17, 15) is 9.18 Å². The van der Waals surface area contributed by atoms with Gasteiger partial charge in [0.25, 0.3) is 5.91 Å². The number of imidazole rings is 1. The molecule has 0 aliphatic heterocycles. The highest BCUT2D eigenvalue weighted by atomic mass is 35.5. The van der Waals surface area contributed by atoms with Crippen molar-refractivity contribution in [3.05, 3.63) is 69.5 Å². The normalized spacial score (nSPS) is 10.7. The molecule has 0 spiro atoms. The first-order chi connectivity index (χ1) is 12.8. The lowest BCUT2D eigenvalue weighted by atomic mass is 10.2. The number of nitrogens with zero attached hydrogens (tertiary/aromatic N) is 1. The fraction of sp³-hybridized carbons (Fsp3) is 0.111. The Morgan fingerprint density at radius 2 is 2.11 bits per heavy atom. The summed E-state index contributed by atoms with van der Waals surface area (Å²) in [6.07, 6.45) is 0. The molecule has 6 nitrogen and oxygen atoms in total. The van der Waals surface area contributed by atoms with Crippen LogP contribution in [0.15, 0.2) is 36.4 Å². The van der Waals surface area contributed by atoms with E-state index in [2.05, 4.69) is 15.3 Å². The molecular formula is C18H15Cl2FN4O2. The van der Waals surface area contributed by atoms with Gasteiger partial charge in [0.1, 0.15) is 17.3 Å². The molecule has 1 heterocycles. The van der Waals surface area contributed by atoms with Crippen molar-refractivity contribution < 1.29 is 13.9 Å². The first-order valence-corrected chi connectivity index (χ1v) is 8.61. The number of H-pyrrole nitrogens is 1. The molecule has 0 saturated heterocycles. The van der Waals surface area contributed by atoms with Gasteiger partial charge < -0.3 is 20.8 Å². The van der Waals surface area contributed by atoms with E-state index in [1.165, 1.54) is 12.1 Å². The number of aromatic amines is 1. The van der Waals surface area contributed by atoms with Crippen molar-refractivity contribution in [1.29, 1.82) is 0 Å². The van der Waals surface area contributed by atoms with E-state index in [0.29, 0.717) is 17.3 Å². The van der Waals surface area contributed by atoms with Crippen molar-refractivity contribution in [1.82, 2.24) is 15.3 Å². The number of anilines is 1. The van der Waals surface area contributed by atoms with Crippen LogP contribution in [0.25, 0.3) is 0 Å². The molecule has 4 N–H and O–H groups in total. The Labute approximate surface area is 164 Å². The standard InChI is InChI=1S/C18H15Cl2FN4O2/c1-9-24-15(17(20)25-9)18(26)23-8-10-5-6-13(19)16(14(10)21)27-12-4-2-3-11(22)7-12/h2-7H,8,22H2,1H3,(H,23,26)(H,24,25). The van der Waals surface area contributed by atoms with E-state index in [-0.39, 0.29) is 33.7 Å². The molecule has 0 saturated carbocycles. The van der Waals surface area contributed by atoms with Gasteiger partial charge in [-0.1, -0.05) is 35.3 Å². The lowest BCUT2D eigenvalue weighted by Gasteiger charge is -2.12. The molecule has 3 rings (SSSR count). The molecule has 0 aliphatic carbocycles. The van der Waals surface area contributed by atoms with Crippen LogP contribution in [0.2, 0.25) is 10.2 Å². The lowest BCUT2D eigenvalue weighted by molar-refractivity contribution is 0.0946. The number of ether oxygens (including phenoxy) is 1. The highest BCUT2D eigenvalue weighted by Crippen LogP contribution is 2.34. The second kappa shape index (κ2) is 7.85. The Balaban J connectivity index is 1.78. The zero-order chi connectivity index (χ0) is 19.6. The van der Waals surface area contributed by atoms with E-state index >= 15 is 0 Å². The molecule has 0 fully saturated rings. The number of nitrogens with two attached hydrogens (primary N) is 1. The number of hydrogen-bond donors (Lipinski definition) is 3. The first kappa shape index (κ1) is 19.0. The maximum Gasteiger partial charge on any atom is 0.271 e. The van der Waals surface area contributed by atoms with Crippen molar-refractivity contribution in [3.63, 3.8) is 0 Å². The predicted octanol–water partition coefficient (Wildman–Crippen LogP) is 4.47. The van der Waals surface area contributed by atoms with E-state index < -0.39 is 11.7 Å². The average molecular weight is 409 g/mol. The molecule has 27 heavy (non-hydrogen) atoms. The first-order valence-electron chi connectivity index (χ1n) is 7.85. The van der Waals surface area contributed by atoms with Crippen LogP contribution >= 0.6 is 23.2 Å². The molecule has 0 radical (unpaired) electrons. The largest absolute Gasteiger partial charge is 0.453 e. The molecule has 9 heteroatoms. The van der Waals surface area contributed by atoms with Crippen LogP contribution in [-0.2, 0) is 6.54 Å². The number of amides is 1. The fourth-order valence-electron chi connectivity index (χ4n) is 2.38. The number of aryl methyl sites for hydroxylation is 1. The van der Waals surface area contributed by atoms with E-state index in [1.54, 1.807) is 31.2 Å². The number of benzene rings is 2. The van der Waals surface area contributed by atoms with Crippen LogP contribution < -0.4 is 15.8 Å². The Hall–Kier alpha value is -2.77. The second-order valence-corrected chi connectivity index (χ2v) is 6.46. The Kier molecular flexibility index (Phi) is 5.53. The number of carbonyl (C=O) groups excluding carboxylic acids is 1. The summed E-state index contributed by atoms with van der Waals surface area (Å²) in [6.45, 7) is 1.57. The van der Waals surface area contributed by atoms with E-state index in [1.807, 2.05) is 0 Å². The smallest absolute Gasteiger partial charge is 0.271 e. The van der Waals surface area contributed by atoms with Gasteiger partial charge in [-0.3, -0.25) is 4.79 Å². The number of carbonyl (C=O) groups is 1. The Bertz CT molecular complexity index is 1010. The molecule has 140 valence electrons. The van der Waals surface area contributed by atoms with Crippen molar-refractivity contribution in [3.8, 4) is 11.5 Å². The molecule has 2 aromatic carbocycles. The van der Waals surface area contributed by atoms with Crippen LogP contribution in [0.5, 0.6) is 11.5 Å². The second-order valence-electron chi connectivity index (χ2n) is 5.69. The van der Waals surface area contributed by atoms with Gasteiger partial charge in [-0.15, -0.1) is 0 Å². The molecular weight excluding hydrogens is 394 g/mol. The van der Waals surface area contributed by atoms with Crippen molar-refractivity contribution in [2.75, 3.05) is 5.73 Å². The van der Waals surface area contributed by atoms with Gasteiger partial charge >= 0.3 is 0 Å². The lowest BCUT2D eigenvalue weighted by Crippen LogP contribution is -2.24. The number of nitrogens with one attached hydrogen (secondary N) is 2. The third kappa shape index (κ3) is 4.32. The topological polar surface area (TPSA) is 93.0 Å². The molecule has 0 aliphatic rings. The summed E-state index contributed by atoms with van der Waals surface area (Å²) in [5.41, 5.74) is 6.47. The number of aromatic nitrogens is 2. The number of rotatable bonds is 5. The quantitative estimate of drug-likeness (QED) is 0.542. The van der Waals surface area contributed by atoms with Gasteiger partial charge in [0.05, 0.1) is 5.02 Å².